The lowest BCUT2D eigenvalue weighted by Crippen LogP contribution is -2.31. The van der Waals surface area contributed by atoms with E-state index >= 15 is 0 Å². The Bertz CT molecular complexity index is 614. The van der Waals surface area contributed by atoms with Crippen molar-refractivity contribution in [3.63, 3.8) is 0 Å². The van der Waals surface area contributed by atoms with Crippen molar-refractivity contribution in [3.05, 3.63) is 28.5 Å². The van der Waals surface area contributed by atoms with E-state index in [0.29, 0.717) is 6.10 Å². The van der Waals surface area contributed by atoms with Crippen LogP contribution in [-0.2, 0) is 11.3 Å². The summed E-state index contributed by atoms with van der Waals surface area (Å²) in [5, 5.41) is 0. The lowest BCUT2D eigenvalue weighted by atomic mass is 10.2. The Balaban J connectivity index is 1.69. The lowest BCUT2D eigenvalue weighted by molar-refractivity contribution is 0.0720. The molecule has 0 spiro atoms. The van der Waals surface area contributed by atoms with E-state index < -0.39 is 0 Å². The second kappa shape index (κ2) is 6.94. The zero-order chi connectivity index (χ0) is 15.5. The molecule has 0 radical (unpaired) electrons. The first kappa shape index (κ1) is 15.7. The Labute approximate surface area is 136 Å². The number of nitrogens with zero attached hydrogens (tertiary/aromatic N) is 2. The summed E-state index contributed by atoms with van der Waals surface area (Å²) in [5.74, 6) is 1.67. The summed E-state index contributed by atoms with van der Waals surface area (Å²) >= 11 is 1.72. The van der Waals surface area contributed by atoms with Crippen LogP contribution in [0.2, 0.25) is 0 Å². The van der Waals surface area contributed by atoms with Gasteiger partial charge in [0.05, 0.1) is 16.7 Å². The highest BCUT2D eigenvalue weighted by atomic mass is 32.1. The van der Waals surface area contributed by atoms with E-state index in [2.05, 4.69) is 30.9 Å². The summed E-state index contributed by atoms with van der Waals surface area (Å²) in [6.07, 6.45) is 2.74. The summed E-state index contributed by atoms with van der Waals surface area (Å²) in [6, 6.07) is 4.19. The second-order valence-corrected chi connectivity index (χ2v) is 7.18. The van der Waals surface area contributed by atoms with Crippen LogP contribution in [-0.4, -0.2) is 35.7 Å². The molecule has 0 aromatic carbocycles. The van der Waals surface area contributed by atoms with Crippen molar-refractivity contribution in [2.24, 2.45) is 0 Å². The standard InChI is InChI=1S/C17H24N2O2S/c1-4-19(10-14-6-5-9-20-14)11-15-13(3)21-17(18-15)16-8-7-12(2)22-16/h7-8,14H,4-6,9-11H2,1-3H3/t14-/m0/s1. The van der Waals surface area contributed by atoms with Crippen molar-refractivity contribution >= 4 is 11.3 Å². The third-order valence-corrected chi connectivity index (χ3v) is 5.14. The van der Waals surface area contributed by atoms with Gasteiger partial charge in [-0.3, -0.25) is 4.90 Å². The average Bonchev–Trinajstić information content (AvgIpc) is 3.21. The Morgan fingerprint density at radius 3 is 2.86 bits per heavy atom. The quantitative estimate of drug-likeness (QED) is 0.806. The minimum atomic E-state index is 0.381. The van der Waals surface area contributed by atoms with Crippen LogP contribution in [0.3, 0.4) is 0 Å². The summed E-state index contributed by atoms with van der Waals surface area (Å²) in [5.41, 5.74) is 1.04. The van der Waals surface area contributed by atoms with Crippen molar-refractivity contribution in [2.75, 3.05) is 19.7 Å². The van der Waals surface area contributed by atoms with Crippen molar-refractivity contribution < 1.29 is 9.15 Å². The van der Waals surface area contributed by atoms with Crippen molar-refractivity contribution in [3.8, 4) is 10.8 Å². The number of rotatable bonds is 6. The molecule has 2 aromatic heterocycles. The fourth-order valence-corrected chi connectivity index (χ4v) is 3.62. The zero-order valence-electron chi connectivity index (χ0n) is 13.6. The summed E-state index contributed by atoms with van der Waals surface area (Å²) in [7, 11) is 0. The van der Waals surface area contributed by atoms with Gasteiger partial charge in [-0.2, -0.15) is 0 Å². The maximum Gasteiger partial charge on any atom is 0.236 e. The van der Waals surface area contributed by atoms with E-state index in [9.17, 15) is 0 Å². The van der Waals surface area contributed by atoms with Crippen LogP contribution in [0.5, 0.6) is 0 Å². The van der Waals surface area contributed by atoms with Crippen LogP contribution in [0.1, 0.15) is 36.1 Å². The van der Waals surface area contributed by atoms with Gasteiger partial charge in [0.25, 0.3) is 0 Å². The lowest BCUT2D eigenvalue weighted by Gasteiger charge is -2.22. The average molecular weight is 320 g/mol. The minimum absolute atomic E-state index is 0.381. The molecule has 120 valence electrons. The van der Waals surface area contributed by atoms with E-state index in [-0.39, 0.29) is 0 Å². The largest absolute Gasteiger partial charge is 0.440 e. The summed E-state index contributed by atoms with van der Waals surface area (Å²) in [4.78, 5) is 9.49. The predicted octanol–water partition coefficient (Wildman–Crippen LogP) is 4.02. The molecule has 4 nitrogen and oxygen atoms in total. The molecular formula is C17H24N2O2S. The summed E-state index contributed by atoms with van der Waals surface area (Å²) < 4.78 is 11.6. The molecule has 22 heavy (non-hydrogen) atoms. The van der Waals surface area contributed by atoms with E-state index in [1.54, 1.807) is 11.3 Å². The first-order valence-corrected chi connectivity index (χ1v) is 8.84. The predicted molar refractivity (Wildman–Crippen MR) is 89.2 cm³/mol. The van der Waals surface area contributed by atoms with Crippen LogP contribution < -0.4 is 0 Å². The topological polar surface area (TPSA) is 38.5 Å². The highest BCUT2D eigenvalue weighted by Crippen LogP contribution is 2.29. The third-order valence-electron chi connectivity index (χ3n) is 4.15. The smallest absolute Gasteiger partial charge is 0.236 e. The fourth-order valence-electron chi connectivity index (χ4n) is 2.82. The van der Waals surface area contributed by atoms with E-state index in [0.717, 1.165) is 48.5 Å². The molecule has 0 aliphatic carbocycles. The zero-order valence-corrected chi connectivity index (χ0v) is 14.4. The van der Waals surface area contributed by atoms with Crippen LogP contribution in [0, 0.1) is 13.8 Å². The van der Waals surface area contributed by atoms with Gasteiger partial charge < -0.3 is 9.15 Å². The van der Waals surface area contributed by atoms with Gasteiger partial charge >= 0.3 is 0 Å². The minimum Gasteiger partial charge on any atom is -0.440 e. The van der Waals surface area contributed by atoms with Gasteiger partial charge in [0.1, 0.15) is 5.76 Å². The van der Waals surface area contributed by atoms with E-state index in [4.69, 9.17) is 14.1 Å². The number of thiophene rings is 1. The highest BCUT2D eigenvalue weighted by molar-refractivity contribution is 7.15. The van der Waals surface area contributed by atoms with Gasteiger partial charge in [0.2, 0.25) is 5.89 Å². The number of likely N-dealkylation sites (N-methyl/N-ethyl adjacent to an activating group) is 1. The van der Waals surface area contributed by atoms with E-state index in [1.807, 2.05) is 6.92 Å². The molecule has 1 aliphatic rings. The number of aromatic nitrogens is 1. The number of ether oxygens (including phenoxy) is 1. The van der Waals surface area contributed by atoms with Gasteiger partial charge in [0.15, 0.2) is 0 Å². The SMILES string of the molecule is CCN(Cc1nc(-c2ccc(C)s2)oc1C)C[C@@H]1CCCO1. The van der Waals surface area contributed by atoms with Crippen molar-refractivity contribution in [2.45, 2.75) is 46.3 Å². The molecule has 5 heteroatoms. The van der Waals surface area contributed by atoms with Crippen LogP contribution in [0.4, 0.5) is 0 Å². The van der Waals surface area contributed by atoms with Crippen molar-refractivity contribution in [1.82, 2.24) is 9.88 Å². The number of hydrogen-bond donors (Lipinski definition) is 0. The first-order chi connectivity index (χ1) is 10.7. The number of oxazole rings is 1. The molecule has 1 aliphatic heterocycles. The van der Waals surface area contributed by atoms with Crippen LogP contribution in [0.15, 0.2) is 16.5 Å². The number of hydrogen-bond acceptors (Lipinski definition) is 5. The third kappa shape index (κ3) is 3.59. The molecule has 2 aromatic rings. The molecular weight excluding hydrogens is 296 g/mol. The molecule has 0 amide bonds. The monoisotopic (exact) mass is 320 g/mol. The molecule has 1 saturated heterocycles. The fraction of sp³-hybridized carbons (Fsp3) is 0.588. The normalized spacial score (nSPS) is 18.5. The molecule has 0 bridgehead atoms. The number of aryl methyl sites for hydroxylation is 2. The molecule has 3 heterocycles. The van der Waals surface area contributed by atoms with Crippen LogP contribution in [0.25, 0.3) is 10.8 Å². The Morgan fingerprint density at radius 2 is 2.23 bits per heavy atom. The van der Waals surface area contributed by atoms with Crippen LogP contribution >= 0.6 is 11.3 Å². The maximum absolute atomic E-state index is 5.87. The molecule has 3 rings (SSSR count). The molecule has 1 atom stereocenters. The van der Waals surface area contributed by atoms with Crippen molar-refractivity contribution in [1.29, 1.82) is 0 Å². The molecule has 0 saturated carbocycles. The first-order valence-electron chi connectivity index (χ1n) is 8.02. The highest BCUT2D eigenvalue weighted by Gasteiger charge is 2.21. The Hall–Kier alpha value is -1.17. The molecule has 0 unspecified atom stereocenters. The Kier molecular flexibility index (Phi) is 4.96. The van der Waals surface area contributed by atoms with Gasteiger partial charge in [0, 0.05) is 24.6 Å². The van der Waals surface area contributed by atoms with Gasteiger partial charge in [-0.15, -0.1) is 11.3 Å². The van der Waals surface area contributed by atoms with Gasteiger partial charge in [-0.05, 0) is 45.4 Å². The van der Waals surface area contributed by atoms with Gasteiger partial charge in [-0.1, -0.05) is 6.92 Å². The van der Waals surface area contributed by atoms with Gasteiger partial charge in [-0.25, -0.2) is 4.98 Å². The molecule has 0 N–H and O–H groups in total. The molecule has 1 fully saturated rings. The second-order valence-electron chi connectivity index (χ2n) is 5.89. The Morgan fingerprint density at radius 1 is 1.36 bits per heavy atom. The van der Waals surface area contributed by atoms with E-state index in [1.165, 1.54) is 17.7 Å². The summed E-state index contributed by atoms with van der Waals surface area (Å²) in [6.45, 7) is 10.0. The maximum atomic E-state index is 5.87.